The molecule has 0 N–H and O–H groups in total. The lowest BCUT2D eigenvalue weighted by atomic mass is 9.97. The molecule has 142 valence electrons. The van der Waals surface area contributed by atoms with Crippen molar-refractivity contribution < 1.29 is 23.7 Å². The van der Waals surface area contributed by atoms with E-state index in [2.05, 4.69) is 17.0 Å². The summed E-state index contributed by atoms with van der Waals surface area (Å²) in [5.41, 5.74) is 1.17. The molecular weight excluding hydrogens is 334 g/mol. The van der Waals surface area contributed by atoms with Crippen molar-refractivity contribution in [3.8, 4) is 0 Å². The van der Waals surface area contributed by atoms with Crippen molar-refractivity contribution in [2.45, 2.75) is 43.9 Å². The van der Waals surface area contributed by atoms with E-state index in [4.69, 9.17) is 18.9 Å². The molecule has 1 saturated heterocycles. The van der Waals surface area contributed by atoms with Gasteiger partial charge < -0.3 is 23.8 Å². The molecule has 1 aromatic rings. The van der Waals surface area contributed by atoms with Gasteiger partial charge in [-0.25, -0.2) is 0 Å². The fourth-order valence-corrected chi connectivity index (χ4v) is 3.65. The van der Waals surface area contributed by atoms with Gasteiger partial charge in [-0.1, -0.05) is 30.3 Å². The summed E-state index contributed by atoms with van der Waals surface area (Å²) in [6, 6.07) is 9.93. The van der Waals surface area contributed by atoms with Crippen molar-refractivity contribution >= 4 is 5.78 Å². The molecule has 0 spiro atoms. The van der Waals surface area contributed by atoms with E-state index in [1.165, 1.54) is 5.56 Å². The van der Waals surface area contributed by atoms with Gasteiger partial charge in [0.15, 0.2) is 11.6 Å². The van der Waals surface area contributed by atoms with E-state index in [0.29, 0.717) is 26.2 Å². The van der Waals surface area contributed by atoms with E-state index >= 15 is 0 Å². The maximum atomic E-state index is 12.1. The van der Waals surface area contributed by atoms with Gasteiger partial charge in [0.05, 0.1) is 19.3 Å². The Balaban J connectivity index is 1.81. The van der Waals surface area contributed by atoms with Gasteiger partial charge in [0, 0.05) is 33.4 Å². The SMILES string of the molecule is COC[C@@H]1OC(C)([C@H]2CC(=O)C=CN2Cc2ccccc2)O[C@H]1COC. The first-order valence-corrected chi connectivity index (χ1v) is 8.90. The van der Waals surface area contributed by atoms with Crippen molar-refractivity contribution in [1.82, 2.24) is 4.90 Å². The van der Waals surface area contributed by atoms with Crippen molar-refractivity contribution in [2.75, 3.05) is 27.4 Å². The Morgan fingerprint density at radius 2 is 1.73 bits per heavy atom. The van der Waals surface area contributed by atoms with Crippen LogP contribution < -0.4 is 0 Å². The number of carbonyl (C=O) groups excluding carboxylic acids is 1. The molecule has 0 amide bonds. The summed E-state index contributed by atoms with van der Waals surface area (Å²) in [5.74, 6) is -0.840. The molecule has 2 aliphatic rings. The molecule has 6 nitrogen and oxygen atoms in total. The molecule has 3 rings (SSSR count). The van der Waals surface area contributed by atoms with Gasteiger partial charge in [-0.05, 0) is 18.6 Å². The third kappa shape index (κ3) is 4.15. The van der Waals surface area contributed by atoms with Crippen LogP contribution in [-0.2, 0) is 30.3 Å². The summed E-state index contributed by atoms with van der Waals surface area (Å²) in [5, 5.41) is 0. The average Bonchev–Trinajstić information content (AvgIpc) is 2.95. The van der Waals surface area contributed by atoms with Crippen LogP contribution in [-0.4, -0.2) is 62.2 Å². The van der Waals surface area contributed by atoms with Crippen LogP contribution in [0.3, 0.4) is 0 Å². The topological polar surface area (TPSA) is 57.2 Å². The summed E-state index contributed by atoms with van der Waals surface area (Å²) in [6.45, 7) is 3.42. The zero-order chi connectivity index (χ0) is 18.6. The zero-order valence-electron chi connectivity index (χ0n) is 15.6. The minimum Gasteiger partial charge on any atom is -0.382 e. The Morgan fingerprint density at radius 1 is 1.12 bits per heavy atom. The maximum Gasteiger partial charge on any atom is 0.187 e. The van der Waals surface area contributed by atoms with Gasteiger partial charge in [0.25, 0.3) is 0 Å². The first-order chi connectivity index (χ1) is 12.6. The van der Waals surface area contributed by atoms with Crippen LogP contribution in [0.2, 0.25) is 0 Å². The Morgan fingerprint density at radius 3 is 2.31 bits per heavy atom. The van der Waals surface area contributed by atoms with Crippen LogP contribution >= 0.6 is 0 Å². The highest BCUT2D eigenvalue weighted by molar-refractivity contribution is 5.90. The minimum absolute atomic E-state index is 0.0752. The Bertz CT molecular complexity index is 618. The summed E-state index contributed by atoms with van der Waals surface area (Å²) < 4.78 is 23.1. The number of carbonyl (C=O) groups is 1. The molecule has 1 aromatic carbocycles. The van der Waals surface area contributed by atoms with Crippen LogP contribution in [0.15, 0.2) is 42.6 Å². The van der Waals surface area contributed by atoms with Crippen LogP contribution in [0.25, 0.3) is 0 Å². The van der Waals surface area contributed by atoms with Crippen molar-refractivity contribution in [3.05, 3.63) is 48.2 Å². The van der Waals surface area contributed by atoms with E-state index in [0.717, 1.165) is 0 Å². The maximum absolute atomic E-state index is 12.1. The monoisotopic (exact) mass is 361 g/mol. The number of ketones is 1. The van der Waals surface area contributed by atoms with Gasteiger partial charge >= 0.3 is 0 Å². The molecule has 0 aliphatic carbocycles. The largest absolute Gasteiger partial charge is 0.382 e. The molecule has 6 heteroatoms. The number of hydrogen-bond donors (Lipinski definition) is 0. The number of methoxy groups -OCH3 is 2. The first-order valence-electron chi connectivity index (χ1n) is 8.90. The van der Waals surface area contributed by atoms with Crippen molar-refractivity contribution in [3.63, 3.8) is 0 Å². The highest BCUT2D eigenvalue weighted by atomic mass is 16.8. The Hall–Kier alpha value is -1.73. The predicted octanol–water partition coefficient (Wildman–Crippen LogP) is 2.14. The molecule has 2 aliphatic heterocycles. The molecule has 0 unspecified atom stereocenters. The standard InChI is InChI=1S/C20H27NO5/c1-20(25-17(13-23-2)18(26-20)14-24-3)19-11-16(22)9-10-21(19)12-15-7-5-4-6-8-15/h4-10,17-19H,11-14H2,1-3H3/t17-,18-,19+/m0/s1. The highest BCUT2D eigenvalue weighted by Crippen LogP contribution is 2.37. The molecule has 0 saturated carbocycles. The zero-order valence-corrected chi connectivity index (χ0v) is 15.6. The molecule has 26 heavy (non-hydrogen) atoms. The molecule has 0 radical (unpaired) electrons. The number of nitrogens with zero attached hydrogens (tertiary/aromatic N) is 1. The summed E-state index contributed by atoms with van der Waals surface area (Å²) in [4.78, 5) is 14.2. The molecule has 0 bridgehead atoms. The Kier molecular flexibility index (Phi) is 6.09. The highest BCUT2D eigenvalue weighted by Gasteiger charge is 2.51. The van der Waals surface area contributed by atoms with Gasteiger partial charge in [-0.15, -0.1) is 0 Å². The Labute approximate surface area is 154 Å². The van der Waals surface area contributed by atoms with E-state index in [-0.39, 0.29) is 24.0 Å². The lowest BCUT2D eigenvalue weighted by Gasteiger charge is -2.41. The number of allylic oxidation sites excluding steroid dienone is 1. The summed E-state index contributed by atoms with van der Waals surface area (Å²) in [7, 11) is 3.27. The third-order valence-electron chi connectivity index (χ3n) is 4.91. The number of rotatable bonds is 7. The molecular formula is C20H27NO5. The van der Waals surface area contributed by atoms with Crippen LogP contribution in [0.1, 0.15) is 18.9 Å². The molecule has 0 aromatic heterocycles. The molecule has 2 heterocycles. The first kappa shape index (κ1) is 19.0. The minimum atomic E-state index is -0.915. The predicted molar refractivity (Wildman–Crippen MR) is 96.4 cm³/mol. The van der Waals surface area contributed by atoms with E-state index in [1.54, 1.807) is 20.3 Å². The van der Waals surface area contributed by atoms with Crippen molar-refractivity contribution in [2.24, 2.45) is 0 Å². The van der Waals surface area contributed by atoms with Gasteiger partial charge in [-0.2, -0.15) is 0 Å². The smallest absolute Gasteiger partial charge is 0.187 e. The van der Waals surface area contributed by atoms with Gasteiger partial charge in [0.1, 0.15) is 12.2 Å². The fourth-order valence-electron chi connectivity index (χ4n) is 3.65. The number of benzene rings is 1. The molecule has 3 atom stereocenters. The average molecular weight is 361 g/mol. The second-order valence-corrected chi connectivity index (χ2v) is 6.90. The lowest BCUT2D eigenvalue weighted by molar-refractivity contribution is -0.207. The fraction of sp³-hybridized carbons (Fsp3) is 0.550. The summed E-state index contributed by atoms with van der Waals surface area (Å²) >= 11 is 0. The van der Waals surface area contributed by atoms with E-state index in [1.807, 2.05) is 31.3 Å². The van der Waals surface area contributed by atoms with Crippen LogP contribution in [0.5, 0.6) is 0 Å². The number of hydrogen-bond acceptors (Lipinski definition) is 6. The van der Waals surface area contributed by atoms with Gasteiger partial charge in [0.2, 0.25) is 0 Å². The summed E-state index contributed by atoms with van der Waals surface area (Å²) in [6.07, 6.45) is 3.35. The normalized spacial score (nSPS) is 27.9. The van der Waals surface area contributed by atoms with Gasteiger partial charge in [-0.3, -0.25) is 4.79 Å². The second kappa shape index (κ2) is 8.31. The quantitative estimate of drug-likeness (QED) is 0.742. The van der Waals surface area contributed by atoms with E-state index in [9.17, 15) is 4.79 Å². The second-order valence-electron chi connectivity index (χ2n) is 6.90. The van der Waals surface area contributed by atoms with Crippen LogP contribution in [0.4, 0.5) is 0 Å². The van der Waals surface area contributed by atoms with E-state index < -0.39 is 5.79 Å². The third-order valence-corrected chi connectivity index (χ3v) is 4.91. The lowest BCUT2D eigenvalue weighted by Crippen LogP contribution is -2.52. The van der Waals surface area contributed by atoms with Crippen LogP contribution in [0, 0.1) is 0 Å². The van der Waals surface area contributed by atoms with Crippen molar-refractivity contribution in [1.29, 1.82) is 0 Å². The number of ether oxygens (including phenoxy) is 4. The molecule has 1 fully saturated rings.